The Morgan fingerprint density at radius 2 is 1.55 bits per heavy atom. The Morgan fingerprint density at radius 3 is 2.13 bits per heavy atom. The molecule has 0 aliphatic rings. The van der Waals surface area contributed by atoms with Gasteiger partial charge in [-0.05, 0) is 37.3 Å². The first kappa shape index (κ1) is 24.3. The van der Waals surface area contributed by atoms with E-state index in [1.165, 1.54) is 46.6 Å². The second kappa shape index (κ2) is 10.4. The van der Waals surface area contributed by atoms with Crippen molar-refractivity contribution in [2.75, 3.05) is 42.0 Å². The van der Waals surface area contributed by atoms with Crippen LogP contribution in [0.15, 0.2) is 41.3 Å². The maximum absolute atomic E-state index is 12.9. The molecule has 1 N–H and O–H groups in total. The zero-order valence-corrected chi connectivity index (χ0v) is 19.3. The minimum atomic E-state index is -3.92. The van der Waals surface area contributed by atoms with Gasteiger partial charge in [0.25, 0.3) is 0 Å². The van der Waals surface area contributed by atoms with Gasteiger partial charge in [-0.1, -0.05) is 0 Å². The molecule has 0 radical (unpaired) electrons. The normalized spacial score (nSPS) is 12.2. The average molecular weight is 453 g/mol. The first-order chi connectivity index (χ1) is 14.7. The van der Waals surface area contributed by atoms with E-state index in [9.17, 15) is 13.2 Å². The standard InChI is InChI=1S/C21H28N2O7S/c1-14(17-11-15(27-3)7-9-18(17)28-4)22-21(24)13-23(2)31(25,26)16-8-10-19(29-5)20(12-16)30-6/h7-12,14H,13H2,1-6H3,(H,22,24)/t14-/m0/s1. The summed E-state index contributed by atoms with van der Waals surface area (Å²) in [5, 5.41) is 2.79. The summed E-state index contributed by atoms with van der Waals surface area (Å²) in [4.78, 5) is 12.5. The molecule has 0 aromatic heterocycles. The van der Waals surface area contributed by atoms with Crippen molar-refractivity contribution in [2.45, 2.75) is 17.9 Å². The number of carbonyl (C=O) groups excluding carboxylic acids is 1. The van der Waals surface area contributed by atoms with E-state index >= 15 is 0 Å². The number of rotatable bonds is 10. The fraction of sp³-hybridized carbons (Fsp3) is 0.381. The fourth-order valence-electron chi connectivity index (χ4n) is 2.99. The topological polar surface area (TPSA) is 103 Å². The molecule has 1 amide bonds. The zero-order chi connectivity index (χ0) is 23.2. The van der Waals surface area contributed by atoms with E-state index in [0.29, 0.717) is 22.8 Å². The predicted molar refractivity (Wildman–Crippen MR) is 115 cm³/mol. The molecule has 0 bridgehead atoms. The van der Waals surface area contributed by atoms with E-state index in [1.54, 1.807) is 32.2 Å². The lowest BCUT2D eigenvalue weighted by molar-refractivity contribution is -0.121. The lowest BCUT2D eigenvalue weighted by Crippen LogP contribution is -2.39. The van der Waals surface area contributed by atoms with Crippen LogP contribution in [0, 0.1) is 0 Å². The van der Waals surface area contributed by atoms with Crippen molar-refractivity contribution < 1.29 is 32.2 Å². The van der Waals surface area contributed by atoms with Gasteiger partial charge in [0, 0.05) is 18.7 Å². The van der Waals surface area contributed by atoms with Crippen LogP contribution in [0.1, 0.15) is 18.5 Å². The molecule has 0 unspecified atom stereocenters. The Kier molecular flexibility index (Phi) is 8.12. The molecule has 1 atom stereocenters. The second-order valence-electron chi connectivity index (χ2n) is 6.67. The minimum absolute atomic E-state index is 0.0111. The van der Waals surface area contributed by atoms with Crippen LogP contribution in [-0.4, -0.2) is 60.7 Å². The molecule has 0 saturated heterocycles. The van der Waals surface area contributed by atoms with Crippen LogP contribution < -0.4 is 24.3 Å². The lowest BCUT2D eigenvalue weighted by atomic mass is 10.1. The van der Waals surface area contributed by atoms with Crippen molar-refractivity contribution >= 4 is 15.9 Å². The van der Waals surface area contributed by atoms with Gasteiger partial charge in [0.1, 0.15) is 11.5 Å². The Balaban J connectivity index is 2.15. The van der Waals surface area contributed by atoms with Gasteiger partial charge in [0.05, 0.1) is 45.9 Å². The highest BCUT2D eigenvalue weighted by molar-refractivity contribution is 7.89. The van der Waals surface area contributed by atoms with Gasteiger partial charge in [-0.25, -0.2) is 8.42 Å². The molecule has 0 heterocycles. The number of likely N-dealkylation sites (N-methyl/N-ethyl adjacent to an activating group) is 1. The summed E-state index contributed by atoms with van der Waals surface area (Å²) >= 11 is 0. The van der Waals surface area contributed by atoms with Gasteiger partial charge < -0.3 is 24.3 Å². The number of hydrogen-bond acceptors (Lipinski definition) is 7. The Bertz CT molecular complexity index is 1020. The van der Waals surface area contributed by atoms with Gasteiger partial charge in [0.2, 0.25) is 15.9 Å². The molecule has 2 rings (SSSR count). The van der Waals surface area contributed by atoms with Crippen LogP contribution in [0.25, 0.3) is 0 Å². The molecule has 10 heteroatoms. The predicted octanol–water partition coefficient (Wildman–Crippen LogP) is 2.22. The van der Waals surface area contributed by atoms with E-state index in [2.05, 4.69) is 5.32 Å². The number of methoxy groups -OCH3 is 4. The number of nitrogens with zero attached hydrogens (tertiary/aromatic N) is 1. The Labute approximate surface area is 182 Å². The van der Waals surface area contributed by atoms with Gasteiger partial charge in [-0.2, -0.15) is 4.31 Å². The summed E-state index contributed by atoms with van der Waals surface area (Å²) in [5.41, 5.74) is 0.709. The van der Waals surface area contributed by atoms with Crippen LogP contribution in [0.2, 0.25) is 0 Å². The number of carbonyl (C=O) groups is 1. The van der Waals surface area contributed by atoms with E-state index in [-0.39, 0.29) is 17.2 Å². The first-order valence-electron chi connectivity index (χ1n) is 9.37. The number of sulfonamides is 1. The minimum Gasteiger partial charge on any atom is -0.497 e. The molecule has 0 saturated carbocycles. The summed E-state index contributed by atoms with van der Waals surface area (Å²) in [6.07, 6.45) is 0. The highest BCUT2D eigenvalue weighted by atomic mass is 32.2. The third-order valence-electron chi connectivity index (χ3n) is 4.71. The molecular weight excluding hydrogens is 424 g/mol. The summed E-state index contributed by atoms with van der Waals surface area (Å²) in [6.45, 7) is 1.41. The Hall–Kier alpha value is -2.98. The first-order valence-corrected chi connectivity index (χ1v) is 10.8. The third-order valence-corrected chi connectivity index (χ3v) is 6.51. The van der Waals surface area contributed by atoms with Crippen LogP contribution in [0.5, 0.6) is 23.0 Å². The maximum atomic E-state index is 12.9. The third kappa shape index (κ3) is 5.59. The molecular formula is C21H28N2O7S. The van der Waals surface area contributed by atoms with Crippen molar-refractivity contribution in [2.24, 2.45) is 0 Å². The molecule has 170 valence electrons. The average Bonchev–Trinajstić information content (AvgIpc) is 2.77. The monoisotopic (exact) mass is 452 g/mol. The maximum Gasteiger partial charge on any atom is 0.243 e. The molecule has 0 spiro atoms. The molecule has 0 aliphatic heterocycles. The van der Waals surface area contributed by atoms with Crippen molar-refractivity contribution in [3.63, 3.8) is 0 Å². The quantitative estimate of drug-likeness (QED) is 0.589. The number of ether oxygens (including phenoxy) is 4. The Morgan fingerprint density at radius 1 is 0.935 bits per heavy atom. The number of hydrogen-bond donors (Lipinski definition) is 1. The van der Waals surface area contributed by atoms with E-state index < -0.39 is 22.0 Å². The molecule has 2 aromatic carbocycles. The van der Waals surface area contributed by atoms with Crippen molar-refractivity contribution in [3.05, 3.63) is 42.0 Å². The highest BCUT2D eigenvalue weighted by Gasteiger charge is 2.25. The summed E-state index contributed by atoms with van der Waals surface area (Å²) < 4.78 is 47.6. The molecule has 9 nitrogen and oxygen atoms in total. The zero-order valence-electron chi connectivity index (χ0n) is 18.5. The molecule has 31 heavy (non-hydrogen) atoms. The SMILES string of the molecule is COc1ccc(OC)c([C@H](C)NC(=O)CN(C)S(=O)(=O)c2ccc(OC)c(OC)c2)c1. The highest BCUT2D eigenvalue weighted by Crippen LogP contribution is 2.31. The summed E-state index contributed by atoms with van der Waals surface area (Å²) in [7, 11) is 3.36. The molecule has 0 aliphatic carbocycles. The smallest absolute Gasteiger partial charge is 0.243 e. The lowest BCUT2D eigenvalue weighted by Gasteiger charge is -2.21. The van der Waals surface area contributed by atoms with E-state index in [1.807, 2.05) is 0 Å². The second-order valence-corrected chi connectivity index (χ2v) is 8.72. The van der Waals surface area contributed by atoms with Gasteiger partial charge in [-0.15, -0.1) is 0 Å². The van der Waals surface area contributed by atoms with E-state index in [0.717, 1.165) is 4.31 Å². The number of amides is 1. The van der Waals surface area contributed by atoms with Gasteiger partial charge in [-0.3, -0.25) is 4.79 Å². The van der Waals surface area contributed by atoms with Crippen molar-refractivity contribution in [1.82, 2.24) is 9.62 Å². The molecule has 0 fully saturated rings. The van der Waals surface area contributed by atoms with Crippen molar-refractivity contribution in [1.29, 1.82) is 0 Å². The number of nitrogens with one attached hydrogen (secondary N) is 1. The van der Waals surface area contributed by atoms with Crippen LogP contribution in [-0.2, 0) is 14.8 Å². The van der Waals surface area contributed by atoms with Gasteiger partial charge in [0.15, 0.2) is 11.5 Å². The largest absolute Gasteiger partial charge is 0.497 e. The summed E-state index contributed by atoms with van der Waals surface area (Å²) in [6, 6.07) is 9.06. The summed E-state index contributed by atoms with van der Waals surface area (Å²) in [5.74, 6) is 1.41. The van der Waals surface area contributed by atoms with E-state index in [4.69, 9.17) is 18.9 Å². The van der Waals surface area contributed by atoms with Crippen LogP contribution in [0.3, 0.4) is 0 Å². The van der Waals surface area contributed by atoms with Crippen LogP contribution in [0.4, 0.5) is 0 Å². The fourth-order valence-corrected chi connectivity index (χ4v) is 4.13. The molecule has 2 aromatic rings. The number of benzene rings is 2. The van der Waals surface area contributed by atoms with Gasteiger partial charge >= 0.3 is 0 Å². The van der Waals surface area contributed by atoms with Crippen LogP contribution >= 0.6 is 0 Å². The van der Waals surface area contributed by atoms with Crippen molar-refractivity contribution in [3.8, 4) is 23.0 Å².